The maximum absolute atomic E-state index is 13.0. The molecule has 0 spiro atoms. The Labute approximate surface area is 748 Å². The van der Waals surface area contributed by atoms with Gasteiger partial charge in [-0.2, -0.15) is 20.7 Å². The van der Waals surface area contributed by atoms with Gasteiger partial charge in [-0.25, -0.2) is 48.7 Å². The van der Waals surface area contributed by atoms with Crippen molar-refractivity contribution < 1.29 is 13.5 Å². The molecule has 1 saturated carbocycles. The van der Waals surface area contributed by atoms with Crippen LogP contribution in [-0.2, 0) is 54.1 Å². The minimum Gasteiger partial charge on any atom is -0.467 e. The van der Waals surface area contributed by atoms with Crippen LogP contribution in [0.25, 0.3) is 0 Å². The van der Waals surface area contributed by atoms with Gasteiger partial charge in [-0.1, -0.05) is 260 Å². The number of methoxy groups -OCH3 is 1. The van der Waals surface area contributed by atoms with Crippen LogP contribution in [0, 0.1) is 59.5 Å². The number of nitriles is 2. The summed E-state index contributed by atoms with van der Waals surface area (Å²) in [6, 6.07) is 34.9. The highest BCUT2D eigenvalue weighted by molar-refractivity contribution is 5.28. The lowest BCUT2D eigenvalue weighted by atomic mass is 9.75. The van der Waals surface area contributed by atoms with Gasteiger partial charge in [0.1, 0.15) is 46.8 Å². The van der Waals surface area contributed by atoms with Gasteiger partial charge in [0.15, 0.2) is 0 Å². The second kappa shape index (κ2) is 50.1. The summed E-state index contributed by atoms with van der Waals surface area (Å²) in [5.74, 6) is 2.19. The predicted molar refractivity (Wildman–Crippen MR) is 509 cm³/mol. The summed E-state index contributed by atoms with van der Waals surface area (Å²) in [6.45, 7) is 77.0. The van der Waals surface area contributed by atoms with Crippen molar-refractivity contribution in [2.24, 2.45) is 11.3 Å². The van der Waals surface area contributed by atoms with Crippen LogP contribution in [0.15, 0.2) is 178 Å². The third-order valence-corrected chi connectivity index (χ3v) is 19.4. The normalized spacial score (nSPS) is 13.0. The van der Waals surface area contributed by atoms with Crippen LogP contribution in [-0.4, -0.2) is 101 Å². The van der Waals surface area contributed by atoms with E-state index >= 15 is 0 Å². The van der Waals surface area contributed by atoms with Crippen molar-refractivity contribution in [3.8, 4) is 18.1 Å². The van der Waals surface area contributed by atoms with Crippen LogP contribution in [0.2, 0.25) is 0 Å². The number of nitrogens with zero attached hydrogens (tertiary/aromatic N) is 17. The zero-order chi connectivity index (χ0) is 93.8. The Balaban J connectivity index is 0.000000682. The molecular weight excluding hydrogens is 1540 g/mol. The highest BCUT2D eigenvalue weighted by Gasteiger charge is 2.35. The van der Waals surface area contributed by atoms with E-state index in [2.05, 4.69) is 280 Å². The summed E-state index contributed by atoms with van der Waals surface area (Å²) < 4.78 is 30.3. The summed E-state index contributed by atoms with van der Waals surface area (Å²) in [4.78, 5) is 51.8. The van der Waals surface area contributed by atoms with Gasteiger partial charge < -0.3 is 9.64 Å². The van der Waals surface area contributed by atoms with Crippen LogP contribution in [0.5, 0.6) is 6.01 Å². The molecule has 12 rings (SSSR count). The number of aryl methyl sites for hydroxylation is 2. The van der Waals surface area contributed by atoms with Gasteiger partial charge in [0.05, 0.1) is 24.7 Å². The molecule has 0 unspecified atom stereocenters. The summed E-state index contributed by atoms with van der Waals surface area (Å²) in [5, 5.41) is 24.9. The fourth-order valence-corrected chi connectivity index (χ4v) is 10.8. The largest absolute Gasteiger partial charge is 0.467 e. The van der Waals surface area contributed by atoms with Gasteiger partial charge in [-0.3, -0.25) is 19.9 Å². The number of pyridine rings is 6. The lowest BCUT2D eigenvalue weighted by Crippen LogP contribution is -2.39. The molecule has 11 heterocycles. The first-order valence-corrected chi connectivity index (χ1v) is 42.8. The lowest BCUT2D eigenvalue weighted by molar-refractivity contribution is 0.107. The molecule has 10 aromatic rings. The van der Waals surface area contributed by atoms with Crippen LogP contribution in [0.1, 0.15) is 341 Å². The van der Waals surface area contributed by atoms with E-state index in [0.717, 1.165) is 57.5 Å². The Kier molecular flexibility index (Phi) is 45.2. The lowest BCUT2D eigenvalue weighted by Gasteiger charge is -2.38. The number of hydrogen-bond donors (Lipinski definition) is 0. The molecule has 10 aromatic heterocycles. The number of hydrogen-bond acceptors (Lipinski definition) is 18. The van der Waals surface area contributed by atoms with Crippen LogP contribution >= 0.6 is 0 Å². The van der Waals surface area contributed by atoms with Crippen molar-refractivity contribution in [1.82, 2.24) is 74.9 Å². The monoisotopic (exact) mass is 1700 g/mol. The van der Waals surface area contributed by atoms with Gasteiger partial charge in [-0.15, -0.1) is 0 Å². The average molecular weight is 1700 g/mol. The second-order valence-electron chi connectivity index (χ2n) is 42.3. The van der Waals surface area contributed by atoms with E-state index in [9.17, 15) is 8.78 Å². The van der Waals surface area contributed by atoms with Crippen LogP contribution < -0.4 is 4.74 Å². The van der Waals surface area contributed by atoms with Crippen LogP contribution in [0.3, 0.4) is 0 Å². The number of aromatic nitrogens is 14. The maximum atomic E-state index is 13.0. The molecule has 1 aliphatic carbocycles. The van der Waals surface area contributed by atoms with E-state index < -0.39 is 0 Å². The molecule has 0 amide bonds. The van der Waals surface area contributed by atoms with E-state index in [-0.39, 0.29) is 73.2 Å². The van der Waals surface area contributed by atoms with Gasteiger partial charge in [-0.05, 0) is 192 Å². The Morgan fingerprint density at radius 1 is 0.371 bits per heavy atom. The highest BCUT2D eigenvalue weighted by Crippen LogP contribution is 2.38. The van der Waals surface area contributed by atoms with E-state index in [1.54, 1.807) is 81.0 Å². The minimum atomic E-state index is -0.280. The first-order valence-electron chi connectivity index (χ1n) is 42.8. The smallest absolute Gasteiger partial charge is 0.316 e. The average Bonchev–Trinajstić information content (AvgIpc) is 1.67. The van der Waals surface area contributed by atoms with Crippen molar-refractivity contribution in [3.63, 3.8) is 0 Å². The van der Waals surface area contributed by atoms with Gasteiger partial charge >= 0.3 is 6.01 Å². The third-order valence-electron chi connectivity index (χ3n) is 19.4. The Morgan fingerprint density at radius 2 is 0.823 bits per heavy atom. The van der Waals surface area contributed by atoms with E-state index in [1.165, 1.54) is 73.8 Å². The minimum absolute atomic E-state index is 0. The maximum Gasteiger partial charge on any atom is 0.316 e. The molecule has 676 valence electrons. The summed E-state index contributed by atoms with van der Waals surface area (Å²) in [6.07, 6.45) is 28.7. The molecule has 18 nitrogen and oxygen atoms in total. The van der Waals surface area contributed by atoms with Crippen molar-refractivity contribution >= 4 is 0 Å². The van der Waals surface area contributed by atoms with Gasteiger partial charge in [0, 0.05) is 125 Å². The molecule has 0 bridgehead atoms. The molecular formula is C104H155F2N17O. The molecule has 2 fully saturated rings. The molecule has 2 aliphatic rings. The molecule has 124 heavy (non-hydrogen) atoms. The number of halogens is 2. The standard InChI is InChI=1S/C12H23N.2C10H12N2.C10H15N.2C9H12FN.C9H14N2O.C9H14N2.C9H13N.2C8H12N2.CH4/c1-12(2,3)10-6-8-13(9-7-10)11-4-5-11;1-10(2,3)8-4-5-9(6-11)12-7-8;1-10(2,3)9-6-4-5-8(7-11)12-9;1-8-5-6-9(7-11-8)10(2,3)4;1-9(2,3)8-5-4-7(10)6-11-8;1-9(2,3)8-7(10)5-4-6-11-8;1-9(2,3)7-5-10-8(12-4)11-6-7;1-7-10-5-8(6-11-7)9(2,3)4;1-9(2,3)8-5-4-6-10-7-8;1-8(2,3)7-9-5-4-6-10-7;1-8(2,3)7-5-4-6-9-10-7;/h10-11H,4-9H2,1-3H3;4-5,7H,1-3H3;4-6H,1-3H3;5-7H,1-4H3;2*4-6H,1-3H3;5-6H,1-4H3;5-6H,1-4H3;4-7H,1-3H3;2*4-6H,1-3H3;1H4. The second-order valence-corrected chi connectivity index (χ2v) is 42.3. The zero-order valence-electron chi connectivity index (χ0n) is 81.9. The van der Waals surface area contributed by atoms with Crippen molar-refractivity contribution in [1.29, 1.82) is 10.5 Å². The molecule has 0 aromatic carbocycles. The molecule has 0 atom stereocenters. The summed E-state index contributed by atoms with van der Waals surface area (Å²) in [5.41, 5.74) is 12.9. The van der Waals surface area contributed by atoms with Gasteiger partial charge in [0.2, 0.25) is 0 Å². The van der Waals surface area contributed by atoms with Crippen LogP contribution in [0.4, 0.5) is 8.78 Å². The molecule has 0 N–H and O–H groups in total. The number of likely N-dealkylation sites (tertiary alicyclic amines) is 1. The Hall–Kier alpha value is -10.2. The first-order chi connectivity index (χ1) is 56.5. The number of rotatable bonds is 2. The fraction of sp³-hybridized carbons (Fsp3) is 0.538. The molecule has 1 aliphatic heterocycles. The Morgan fingerprint density at radius 3 is 1.16 bits per heavy atom. The van der Waals surface area contributed by atoms with Gasteiger partial charge in [0.25, 0.3) is 0 Å². The fourth-order valence-electron chi connectivity index (χ4n) is 10.8. The zero-order valence-corrected chi connectivity index (χ0v) is 81.9. The van der Waals surface area contributed by atoms with Crippen molar-refractivity contribution in [3.05, 3.63) is 269 Å². The number of piperidine rings is 1. The molecule has 20 heteroatoms. The Bertz CT molecular complexity index is 4410. The topological polar surface area (TPSA) is 241 Å². The van der Waals surface area contributed by atoms with E-state index in [4.69, 9.17) is 15.3 Å². The summed E-state index contributed by atoms with van der Waals surface area (Å²) in [7, 11) is 1.56. The highest BCUT2D eigenvalue weighted by atomic mass is 19.1. The summed E-state index contributed by atoms with van der Waals surface area (Å²) >= 11 is 0. The van der Waals surface area contributed by atoms with Crippen molar-refractivity contribution in [2.45, 2.75) is 336 Å². The number of ether oxygens (including phenoxy) is 1. The quantitative estimate of drug-likeness (QED) is 0.156. The van der Waals surface area contributed by atoms with Crippen molar-refractivity contribution in [2.75, 3.05) is 20.2 Å². The van der Waals surface area contributed by atoms with E-state index in [1.807, 2.05) is 135 Å². The SMILES string of the molecule is C.CC(C)(C)C1CCN(C2CC2)CC1.CC(C)(C)c1ccc(C#N)nc1.CC(C)(C)c1ccc(F)cn1.CC(C)(C)c1cccc(C#N)n1.CC(C)(C)c1cccnc1.CC(C)(C)c1cccnn1.CC(C)(C)c1ncccc1F.CC(C)(C)c1ncccn1.COc1ncc(C(C)(C)C)cn1.Cc1ccc(C(C)(C)C)cn1.Cc1ncc(C(C)(C)C)cn1. The predicted octanol–water partition coefficient (Wildman–Crippen LogP) is 25.6. The molecule has 0 radical (unpaired) electrons. The van der Waals surface area contributed by atoms with E-state index in [0.29, 0.717) is 28.5 Å². The first kappa shape index (κ1) is 112. The molecule has 1 saturated heterocycles. The third kappa shape index (κ3) is 45.5.